The highest BCUT2D eigenvalue weighted by molar-refractivity contribution is 7.89. The molecule has 1 fully saturated rings. The normalized spacial score (nSPS) is 15.8. The third-order valence-electron chi connectivity index (χ3n) is 4.74. The van der Waals surface area contributed by atoms with Gasteiger partial charge in [0.1, 0.15) is 0 Å². The predicted molar refractivity (Wildman–Crippen MR) is 108 cm³/mol. The summed E-state index contributed by atoms with van der Waals surface area (Å²) in [6, 6.07) is 13.3. The number of hydrogen-bond donors (Lipinski definition) is 1. The molecule has 0 aromatic heterocycles. The summed E-state index contributed by atoms with van der Waals surface area (Å²) in [5, 5.41) is 14.1. The van der Waals surface area contributed by atoms with Gasteiger partial charge in [-0.2, -0.15) is 4.31 Å². The molecule has 1 aliphatic heterocycles. The number of piperazine rings is 1. The summed E-state index contributed by atoms with van der Waals surface area (Å²) in [6.45, 7) is 2.73. The first-order valence-electron chi connectivity index (χ1n) is 9.10. The van der Waals surface area contributed by atoms with E-state index in [0.717, 1.165) is 0 Å². The van der Waals surface area contributed by atoms with Crippen molar-refractivity contribution in [3.63, 3.8) is 0 Å². The van der Waals surface area contributed by atoms with Gasteiger partial charge in [-0.05, 0) is 24.6 Å². The van der Waals surface area contributed by atoms with Crippen LogP contribution in [0.4, 0.5) is 11.4 Å². The van der Waals surface area contributed by atoms with Crippen molar-refractivity contribution in [1.82, 2.24) is 9.21 Å². The van der Waals surface area contributed by atoms with E-state index in [9.17, 15) is 23.3 Å². The van der Waals surface area contributed by atoms with E-state index < -0.39 is 20.6 Å². The summed E-state index contributed by atoms with van der Waals surface area (Å²) in [6.07, 6.45) is 0. The van der Waals surface area contributed by atoms with Crippen LogP contribution in [0.2, 0.25) is 0 Å². The zero-order valence-corrected chi connectivity index (χ0v) is 16.8. The predicted octanol–water partition coefficient (Wildman–Crippen LogP) is 1.85. The van der Waals surface area contributed by atoms with E-state index in [1.807, 2.05) is 23.1 Å². The number of amides is 1. The lowest BCUT2D eigenvalue weighted by Crippen LogP contribution is -2.50. The zero-order chi connectivity index (χ0) is 21.0. The van der Waals surface area contributed by atoms with Crippen LogP contribution in [-0.2, 0) is 14.8 Å². The molecule has 0 radical (unpaired) electrons. The topological polar surface area (TPSA) is 113 Å². The van der Waals surface area contributed by atoms with Crippen molar-refractivity contribution in [2.24, 2.45) is 0 Å². The van der Waals surface area contributed by atoms with Crippen LogP contribution >= 0.6 is 0 Å². The number of nitro benzene ring substituents is 1. The molecular weight excluding hydrogens is 396 g/mol. The Balaban J connectivity index is 1.65. The lowest BCUT2D eigenvalue weighted by molar-refractivity contribution is -0.387. The first-order chi connectivity index (χ1) is 13.8. The number of carbonyl (C=O) groups excluding carboxylic acids is 1. The molecule has 0 saturated carbocycles. The molecule has 2 aromatic rings. The van der Waals surface area contributed by atoms with Crippen molar-refractivity contribution >= 4 is 27.3 Å². The minimum absolute atomic E-state index is 0.146. The van der Waals surface area contributed by atoms with Gasteiger partial charge in [-0.1, -0.05) is 30.3 Å². The molecule has 1 heterocycles. The van der Waals surface area contributed by atoms with E-state index >= 15 is 0 Å². The van der Waals surface area contributed by atoms with Crippen molar-refractivity contribution in [2.45, 2.75) is 11.8 Å². The standard InChI is InChI=1S/C19H22N4O5S/c1-15-6-5-9-17(23(25)26)19(15)29(27,28)22-12-10-21(11-13-22)14-18(24)20-16-7-3-2-4-8-16/h2-9H,10-14H2,1H3,(H,20,24). The number of anilines is 1. The molecule has 1 N–H and O–H groups in total. The maximum Gasteiger partial charge on any atom is 0.289 e. The van der Waals surface area contributed by atoms with Crippen molar-refractivity contribution in [3.8, 4) is 0 Å². The fraction of sp³-hybridized carbons (Fsp3) is 0.316. The van der Waals surface area contributed by atoms with Crippen molar-refractivity contribution in [1.29, 1.82) is 0 Å². The third-order valence-corrected chi connectivity index (χ3v) is 6.83. The smallest absolute Gasteiger partial charge is 0.289 e. The van der Waals surface area contributed by atoms with E-state index in [-0.39, 0.29) is 30.4 Å². The highest BCUT2D eigenvalue weighted by Crippen LogP contribution is 2.30. The van der Waals surface area contributed by atoms with Crippen molar-refractivity contribution in [3.05, 3.63) is 64.2 Å². The van der Waals surface area contributed by atoms with Gasteiger partial charge in [0, 0.05) is 37.9 Å². The van der Waals surface area contributed by atoms with Gasteiger partial charge in [-0.3, -0.25) is 19.8 Å². The minimum Gasteiger partial charge on any atom is -0.325 e. The Morgan fingerprint density at radius 2 is 1.72 bits per heavy atom. The van der Waals surface area contributed by atoms with Crippen LogP contribution in [0.1, 0.15) is 5.56 Å². The Morgan fingerprint density at radius 3 is 2.34 bits per heavy atom. The van der Waals surface area contributed by atoms with Crippen LogP contribution in [0, 0.1) is 17.0 Å². The average molecular weight is 418 g/mol. The average Bonchev–Trinajstić information content (AvgIpc) is 2.68. The molecule has 29 heavy (non-hydrogen) atoms. The van der Waals surface area contributed by atoms with Crippen LogP contribution in [0.25, 0.3) is 0 Å². The number of para-hydroxylation sites is 1. The van der Waals surface area contributed by atoms with Crippen LogP contribution in [0.15, 0.2) is 53.4 Å². The van der Waals surface area contributed by atoms with Gasteiger partial charge in [0.05, 0.1) is 11.5 Å². The van der Waals surface area contributed by atoms with Gasteiger partial charge in [-0.15, -0.1) is 0 Å². The van der Waals surface area contributed by atoms with E-state index in [1.165, 1.54) is 16.4 Å². The van der Waals surface area contributed by atoms with E-state index in [4.69, 9.17) is 0 Å². The monoisotopic (exact) mass is 418 g/mol. The number of benzene rings is 2. The Bertz CT molecular complexity index is 1000. The summed E-state index contributed by atoms with van der Waals surface area (Å²) < 4.78 is 27.3. The number of nitrogens with one attached hydrogen (secondary N) is 1. The molecule has 0 unspecified atom stereocenters. The first-order valence-corrected chi connectivity index (χ1v) is 10.5. The molecule has 1 amide bonds. The third kappa shape index (κ3) is 4.78. The maximum atomic E-state index is 13.0. The molecule has 2 aromatic carbocycles. The van der Waals surface area contributed by atoms with Gasteiger partial charge < -0.3 is 5.32 Å². The minimum atomic E-state index is -4.00. The molecule has 1 aliphatic rings. The number of carbonyl (C=O) groups is 1. The van der Waals surface area contributed by atoms with E-state index in [1.54, 1.807) is 25.1 Å². The van der Waals surface area contributed by atoms with Crippen LogP contribution < -0.4 is 5.32 Å². The second kappa shape index (κ2) is 8.68. The summed E-state index contributed by atoms with van der Waals surface area (Å²) in [5.41, 5.74) is 0.615. The molecular formula is C19H22N4O5S. The summed E-state index contributed by atoms with van der Waals surface area (Å²) >= 11 is 0. The fourth-order valence-corrected chi connectivity index (χ4v) is 5.08. The number of sulfonamides is 1. The van der Waals surface area contributed by atoms with Gasteiger partial charge in [0.2, 0.25) is 15.9 Å². The Morgan fingerprint density at radius 1 is 1.07 bits per heavy atom. The molecule has 0 spiro atoms. The number of aryl methyl sites for hydroxylation is 1. The maximum absolute atomic E-state index is 13.0. The van der Waals surface area contributed by atoms with Gasteiger partial charge in [-0.25, -0.2) is 8.42 Å². The lowest BCUT2D eigenvalue weighted by atomic mass is 10.2. The first kappa shape index (κ1) is 20.9. The van der Waals surface area contributed by atoms with Crippen LogP contribution in [0.3, 0.4) is 0 Å². The SMILES string of the molecule is Cc1cccc([N+](=O)[O-])c1S(=O)(=O)N1CCN(CC(=O)Nc2ccccc2)CC1. The molecule has 10 heteroatoms. The fourth-order valence-electron chi connectivity index (χ4n) is 3.30. The Hall–Kier alpha value is -2.82. The van der Waals surface area contributed by atoms with Crippen LogP contribution in [0.5, 0.6) is 0 Å². The Kier molecular flexibility index (Phi) is 6.26. The largest absolute Gasteiger partial charge is 0.325 e. The van der Waals surface area contributed by atoms with Crippen molar-refractivity contribution < 1.29 is 18.1 Å². The molecule has 3 rings (SSSR count). The van der Waals surface area contributed by atoms with Crippen molar-refractivity contribution in [2.75, 3.05) is 38.0 Å². The summed E-state index contributed by atoms with van der Waals surface area (Å²) in [7, 11) is -4.00. The molecule has 1 saturated heterocycles. The quantitative estimate of drug-likeness (QED) is 0.566. The number of nitro groups is 1. The molecule has 154 valence electrons. The molecule has 0 bridgehead atoms. The Labute approximate surface area is 169 Å². The zero-order valence-electron chi connectivity index (χ0n) is 15.9. The van der Waals surface area contributed by atoms with Crippen LogP contribution in [-0.4, -0.2) is 61.2 Å². The highest BCUT2D eigenvalue weighted by atomic mass is 32.2. The number of rotatable bonds is 6. The second-order valence-corrected chi connectivity index (χ2v) is 8.65. The highest BCUT2D eigenvalue weighted by Gasteiger charge is 2.35. The van der Waals surface area contributed by atoms with Gasteiger partial charge in [0.15, 0.2) is 4.90 Å². The van der Waals surface area contributed by atoms with E-state index in [0.29, 0.717) is 24.3 Å². The van der Waals surface area contributed by atoms with Gasteiger partial charge in [0.25, 0.3) is 5.69 Å². The number of hydrogen-bond acceptors (Lipinski definition) is 6. The second-order valence-electron chi connectivity index (χ2n) is 6.77. The molecule has 0 atom stereocenters. The lowest BCUT2D eigenvalue weighted by Gasteiger charge is -2.33. The number of nitrogens with zero attached hydrogens (tertiary/aromatic N) is 3. The van der Waals surface area contributed by atoms with E-state index in [2.05, 4.69) is 5.32 Å². The van der Waals surface area contributed by atoms with Gasteiger partial charge >= 0.3 is 0 Å². The molecule has 9 nitrogen and oxygen atoms in total. The summed E-state index contributed by atoms with van der Waals surface area (Å²) in [4.78, 5) is 24.4. The summed E-state index contributed by atoms with van der Waals surface area (Å²) in [5.74, 6) is -0.179. The molecule has 0 aliphatic carbocycles.